The smallest absolute Gasteiger partial charge is 0.253 e. The Balaban J connectivity index is 1.78. The fraction of sp³-hybridized carbons (Fsp3) is 0.409. The number of nitrogens with one attached hydrogen (secondary N) is 2. The first-order valence-electron chi connectivity index (χ1n) is 9.54. The van der Waals surface area contributed by atoms with Gasteiger partial charge >= 0.3 is 0 Å². The van der Waals surface area contributed by atoms with Crippen LogP contribution in [-0.2, 0) is 0 Å². The highest BCUT2D eigenvalue weighted by atomic mass is 16.1. The van der Waals surface area contributed by atoms with Gasteiger partial charge in [0.05, 0.1) is 17.2 Å². The number of hydrogen-bond donors (Lipinski definition) is 2. The average Bonchev–Trinajstić information content (AvgIpc) is 2.61. The number of carbonyl (C=O) groups excluding carboxylic acids is 1. The normalized spacial score (nSPS) is 13.7. The van der Waals surface area contributed by atoms with Gasteiger partial charge in [0.25, 0.3) is 5.91 Å². The molecule has 1 amide bonds. The van der Waals surface area contributed by atoms with Gasteiger partial charge in [0.1, 0.15) is 5.82 Å². The van der Waals surface area contributed by atoms with Crippen LogP contribution >= 0.6 is 0 Å². The lowest BCUT2D eigenvalue weighted by Gasteiger charge is -2.25. The average molecular weight is 362 g/mol. The van der Waals surface area contributed by atoms with E-state index in [9.17, 15) is 4.79 Å². The summed E-state index contributed by atoms with van der Waals surface area (Å²) in [6, 6.07) is 9.59. The van der Waals surface area contributed by atoms with Gasteiger partial charge in [0, 0.05) is 18.4 Å². The number of pyridine rings is 1. The Morgan fingerprint density at radius 1 is 1.33 bits per heavy atom. The molecule has 3 rings (SSSR count). The molecule has 27 heavy (non-hydrogen) atoms. The zero-order chi connectivity index (χ0) is 19.4. The second-order valence-electron chi connectivity index (χ2n) is 7.58. The van der Waals surface area contributed by atoms with E-state index in [1.54, 1.807) is 12.3 Å². The third-order valence-electron chi connectivity index (χ3n) is 5.20. The minimum absolute atomic E-state index is 0.0424. The van der Waals surface area contributed by atoms with Gasteiger partial charge in [-0.15, -0.1) is 0 Å². The van der Waals surface area contributed by atoms with E-state index in [1.807, 2.05) is 25.1 Å². The van der Waals surface area contributed by atoms with Crippen LogP contribution in [0.15, 0.2) is 30.5 Å². The van der Waals surface area contributed by atoms with E-state index in [2.05, 4.69) is 35.5 Å². The molecule has 140 valence electrons. The molecule has 0 radical (unpaired) electrons. The van der Waals surface area contributed by atoms with Crippen LogP contribution in [0.1, 0.15) is 66.1 Å². The molecule has 2 aromatic rings. The van der Waals surface area contributed by atoms with Crippen LogP contribution < -0.4 is 10.6 Å². The number of amides is 1. The number of anilines is 2. The van der Waals surface area contributed by atoms with Crippen molar-refractivity contribution in [1.82, 2.24) is 10.3 Å². The first-order chi connectivity index (χ1) is 13.0. The molecule has 5 heteroatoms. The highest BCUT2D eigenvalue weighted by Crippen LogP contribution is 2.27. The van der Waals surface area contributed by atoms with Crippen LogP contribution in [0, 0.1) is 24.2 Å². The highest BCUT2D eigenvalue weighted by molar-refractivity contribution is 5.96. The zero-order valence-corrected chi connectivity index (χ0v) is 16.2. The van der Waals surface area contributed by atoms with Crippen molar-refractivity contribution in [2.24, 2.45) is 5.92 Å². The van der Waals surface area contributed by atoms with Crippen molar-refractivity contribution in [3.63, 3.8) is 0 Å². The maximum Gasteiger partial charge on any atom is 0.253 e. The van der Waals surface area contributed by atoms with Crippen LogP contribution in [0.5, 0.6) is 0 Å². The summed E-state index contributed by atoms with van der Waals surface area (Å²) >= 11 is 0. The lowest BCUT2D eigenvalue weighted by Crippen LogP contribution is -2.32. The molecule has 2 N–H and O–H groups in total. The van der Waals surface area contributed by atoms with Crippen LogP contribution in [0.2, 0.25) is 0 Å². The number of aryl methyl sites for hydroxylation is 1. The maximum absolute atomic E-state index is 12.6. The van der Waals surface area contributed by atoms with Crippen LogP contribution in [0.3, 0.4) is 0 Å². The quantitative estimate of drug-likeness (QED) is 0.783. The lowest BCUT2D eigenvalue weighted by atomic mass is 9.85. The first-order valence-corrected chi connectivity index (χ1v) is 9.54. The van der Waals surface area contributed by atoms with E-state index in [0.717, 1.165) is 23.4 Å². The van der Waals surface area contributed by atoms with Crippen molar-refractivity contribution in [3.05, 3.63) is 52.7 Å². The molecule has 0 saturated heterocycles. The fourth-order valence-corrected chi connectivity index (χ4v) is 3.25. The van der Waals surface area contributed by atoms with Crippen molar-refractivity contribution in [2.75, 3.05) is 11.9 Å². The SMILES string of the molecule is Cc1cc(C#N)ccc1Nc1cc(C(C)C)c(C(=O)NCC2CCC2)cn1. The third kappa shape index (κ3) is 4.46. The number of nitrogens with zero attached hydrogens (tertiary/aromatic N) is 2. The van der Waals surface area contributed by atoms with Gasteiger partial charge in [-0.1, -0.05) is 20.3 Å². The molecule has 1 fully saturated rings. The van der Waals surface area contributed by atoms with Gasteiger partial charge in [-0.2, -0.15) is 5.26 Å². The summed E-state index contributed by atoms with van der Waals surface area (Å²) in [6.07, 6.45) is 5.35. The maximum atomic E-state index is 12.6. The molecule has 1 aliphatic rings. The molecule has 1 aromatic heterocycles. The Labute approximate surface area is 160 Å². The molecule has 1 heterocycles. The number of hydrogen-bond acceptors (Lipinski definition) is 4. The monoisotopic (exact) mass is 362 g/mol. The molecule has 0 bridgehead atoms. The van der Waals surface area contributed by atoms with Crippen LogP contribution in [0.4, 0.5) is 11.5 Å². The van der Waals surface area contributed by atoms with E-state index in [0.29, 0.717) is 22.9 Å². The molecule has 0 unspecified atom stereocenters. The molecule has 1 saturated carbocycles. The van der Waals surface area contributed by atoms with Crippen LogP contribution in [-0.4, -0.2) is 17.4 Å². The Bertz CT molecular complexity index is 878. The molecule has 1 aliphatic carbocycles. The minimum Gasteiger partial charge on any atom is -0.352 e. The first kappa shape index (κ1) is 18.9. The van der Waals surface area contributed by atoms with Crippen molar-refractivity contribution >= 4 is 17.4 Å². The largest absolute Gasteiger partial charge is 0.352 e. The van der Waals surface area contributed by atoms with Crippen molar-refractivity contribution in [1.29, 1.82) is 5.26 Å². The minimum atomic E-state index is -0.0424. The summed E-state index contributed by atoms with van der Waals surface area (Å²) in [5.41, 5.74) is 4.13. The molecular weight excluding hydrogens is 336 g/mol. The van der Waals surface area contributed by atoms with E-state index >= 15 is 0 Å². The summed E-state index contributed by atoms with van der Waals surface area (Å²) < 4.78 is 0. The standard InChI is InChI=1S/C22H26N4O/c1-14(2)18-10-21(26-20-8-7-17(11-23)9-15(20)3)24-13-19(18)22(27)25-12-16-5-4-6-16/h7-10,13-14,16H,4-6,12H2,1-3H3,(H,24,26)(H,25,27). The van der Waals surface area contributed by atoms with Crippen molar-refractivity contribution < 1.29 is 4.79 Å². The number of rotatable bonds is 6. The van der Waals surface area contributed by atoms with Gasteiger partial charge in [0.15, 0.2) is 0 Å². The van der Waals surface area contributed by atoms with Gasteiger partial charge in [-0.05, 0) is 67.0 Å². The number of carbonyl (C=O) groups is 1. The van der Waals surface area contributed by atoms with E-state index in [4.69, 9.17) is 5.26 Å². The summed E-state index contributed by atoms with van der Waals surface area (Å²) in [4.78, 5) is 17.1. The predicted octanol–water partition coefficient (Wildman–Crippen LogP) is 4.66. The molecule has 0 spiro atoms. The molecule has 5 nitrogen and oxygen atoms in total. The summed E-state index contributed by atoms with van der Waals surface area (Å²) in [7, 11) is 0. The Kier molecular flexibility index (Phi) is 5.75. The Hall–Kier alpha value is -2.87. The van der Waals surface area contributed by atoms with Gasteiger partial charge in [-0.25, -0.2) is 4.98 Å². The number of nitriles is 1. The van der Waals surface area contributed by atoms with Crippen molar-refractivity contribution in [3.8, 4) is 6.07 Å². The van der Waals surface area contributed by atoms with E-state index in [1.165, 1.54) is 19.3 Å². The second-order valence-corrected chi connectivity index (χ2v) is 7.58. The molecule has 0 aliphatic heterocycles. The number of aromatic nitrogens is 1. The zero-order valence-electron chi connectivity index (χ0n) is 16.2. The summed E-state index contributed by atoms with van der Waals surface area (Å²) in [5, 5.41) is 15.4. The summed E-state index contributed by atoms with van der Waals surface area (Å²) in [5.74, 6) is 1.49. The molecular formula is C22H26N4O. The topological polar surface area (TPSA) is 77.8 Å². The Morgan fingerprint density at radius 3 is 2.70 bits per heavy atom. The van der Waals surface area contributed by atoms with Crippen molar-refractivity contribution in [2.45, 2.75) is 46.0 Å². The second kappa shape index (κ2) is 8.22. The molecule has 0 atom stereocenters. The summed E-state index contributed by atoms with van der Waals surface area (Å²) in [6.45, 7) is 6.86. The molecule has 1 aromatic carbocycles. The third-order valence-corrected chi connectivity index (χ3v) is 5.20. The van der Waals surface area contributed by atoms with E-state index in [-0.39, 0.29) is 11.8 Å². The van der Waals surface area contributed by atoms with Gasteiger partial charge < -0.3 is 10.6 Å². The van der Waals surface area contributed by atoms with E-state index < -0.39 is 0 Å². The van der Waals surface area contributed by atoms with Gasteiger partial charge in [-0.3, -0.25) is 4.79 Å². The van der Waals surface area contributed by atoms with Gasteiger partial charge in [0.2, 0.25) is 0 Å². The predicted molar refractivity (Wildman–Crippen MR) is 107 cm³/mol. The Morgan fingerprint density at radius 2 is 2.11 bits per heavy atom. The fourth-order valence-electron chi connectivity index (χ4n) is 3.25. The van der Waals surface area contributed by atoms with Crippen LogP contribution in [0.25, 0.3) is 0 Å². The lowest BCUT2D eigenvalue weighted by molar-refractivity contribution is 0.0937. The highest BCUT2D eigenvalue weighted by Gasteiger charge is 2.20. The number of benzene rings is 1.